The molecule has 0 bridgehead atoms. The van der Waals surface area contributed by atoms with Gasteiger partial charge in [0.25, 0.3) is 0 Å². The number of ether oxygens (including phenoxy) is 1. The predicted octanol–water partition coefficient (Wildman–Crippen LogP) is 1.95. The summed E-state index contributed by atoms with van der Waals surface area (Å²) < 4.78 is 6.06. The summed E-state index contributed by atoms with van der Waals surface area (Å²) in [4.78, 5) is 16.0. The molecule has 2 saturated carbocycles. The number of hydrogen-bond acceptors (Lipinski definition) is 3. The Morgan fingerprint density at radius 3 is 2.72 bits per heavy atom. The normalized spacial score (nSPS) is 32.0. The van der Waals surface area contributed by atoms with E-state index in [0.717, 1.165) is 32.0 Å². The maximum Gasteiger partial charge on any atom is 0.220 e. The minimum atomic E-state index is 0.152. The molecule has 0 radical (unpaired) electrons. The van der Waals surface area contributed by atoms with Gasteiger partial charge in [0.15, 0.2) is 5.96 Å². The van der Waals surface area contributed by atoms with Crippen LogP contribution in [-0.4, -0.2) is 49.8 Å². The molecular formula is C19H34N4O2. The molecule has 1 spiro atoms. The fourth-order valence-corrected chi connectivity index (χ4v) is 4.77. The Balaban J connectivity index is 1.61. The highest BCUT2D eigenvalue weighted by atomic mass is 16.5. The van der Waals surface area contributed by atoms with Crippen molar-refractivity contribution in [1.29, 1.82) is 0 Å². The summed E-state index contributed by atoms with van der Waals surface area (Å²) in [6.45, 7) is 6.39. The van der Waals surface area contributed by atoms with Crippen molar-refractivity contribution in [2.24, 2.45) is 10.4 Å². The SMILES string of the molecule is CCN=C(NC1CCC(=O)NC1)NC1CC(OCC)C12CCCCC2. The molecule has 0 aromatic carbocycles. The average molecular weight is 351 g/mol. The van der Waals surface area contributed by atoms with E-state index in [9.17, 15) is 4.79 Å². The largest absolute Gasteiger partial charge is 0.378 e. The summed E-state index contributed by atoms with van der Waals surface area (Å²) in [7, 11) is 0. The van der Waals surface area contributed by atoms with E-state index >= 15 is 0 Å². The van der Waals surface area contributed by atoms with Crippen LogP contribution in [0.5, 0.6) is 0 Å². The van der Waals surface area contributed by atoms with Crippen molar-refractivity contribution >= 4 is 11.9 Å². The molecule has 1 amide bonds. The number of amides is 1. The molecule has 1 heterocycles. The molecule has 3 fully saturated rings. The summed E-state index contributed by atoms with van der Waals surface area (Å²) in [6, 6.07) is 0.709. The van der Waals surface area contributed by atoms with Crippen LogP contribution in [0.4, 0.5) is 0 Å². The number of aliphatic imine (C=N–C) groups is 1. The quantitative estimate of drug-likeness (QED) is 0.523. The summed E-state index contributed by atoms with van der Waals surface area (Å²) in [5, 5.41) is 10.2. The number of carbonyl (C=O) groups excluding carboxylic acids is 1. The molecule has 3 rings (SSSR count). The molecule has 3 unspecified atom stereocenters. The number of guanidine groups is 1. The molecule has 1 saturated heterocycles. The second-order valence-corrected chi connectivity index (χ2v) is 7.68. The van der Waals surface area contributed by atoms with Crippen molar-refractivity contribution in [2.45, 2.75) is 83.4 Å². The Morgan fingerprint density at radius 1 is 1.28 bits per heavy atom. The zero-order chi connectivity index (χ0) is 17.7. The first-order chi connectivity index (χ1) is 12.2. The zero-order valence-electron chi connectivity index (χ0n) is 15.8. The highest BCUT2D eigenvalue weighted by Crippen LogP contribution is 2.53. The first-order valence-corrected chi connectivity index (χ1v) is 10.1. The van der Waals surface area contributed by atoms with E-state index in [2.05, 4.69) is 34.8 Å². The maximum absolute atomic E-state index is 11.4. The molecule has 25 heavy (non-hydrogen) atoms. The van der Waals surface area contributed by atoms with Gasteiger partial charge in [-0.25, -0.2) is 0 Å². The first kappa shape index (κ1) is 18.5. The third kappa shape index (κ3) is 4.10. The number of hydrogen-bond donors (Lipinski definition) is 3. The molecule has 1 aliphatic heterocycles. The van der Waals surface area contributed by atoms with Crippen molar-refractivity contribution in [3.8, 4) is 0 Å². The van der Waals surface area contributed by atoms with Crippen LogP contribution >= 0.6 is 0 Å². The van der Waals surface area contributed by atoms with E-state index < -0.39 is 0 Å². The van der Waals surface area contributed by atoms with Gasteiger partial charge in [0, 0.05) is 43.6 Å². The van der Waals surface area contributed by atoms with Crippen molar-refractivity contribution in [3.05, 3.63) is 0 Å². The van der Waals surface area contributed by atoms with Gasteiger partial charge in [0.05, 0.1) is 6.10 Å². The molecule has 142 valence electrons. The average Bonchev–Trinajstić information content (AvgIpc) is 2.63. The number of carbonyl (C=O) groups is 1. The van der Waals surface area contributed by atoms with E-state index in [4.69, 9.17) is 4.74 Å². The number of nitrogens with zero attached hydrogens (tertiary/aromatic N) is 1. The van der Waals surface area contributed by atoms with Gasteiger partial charge in [0.1, 0.15) is 0 Å². The molecule has 2 aliphatic carbocycles. The van der Waals surface area contributed by atoms with Gasteiger partial charge in [-0.1, -0.05) is 19.3 Å². The lowest BCUT2D eigenvalue weighted by Gasteiger charge is -2.58. The van der Waals surface area contributed by atoms with Crippen molar-refractivity contribution in [2.75, 3.05) is 19.7 Å². The highest BCUT2D eigenvalue weighted by Gasteiger charge is 2.55. The van der Waals surface area contributed by atoms with Gasteiger partial charge in [0.2, 0.25) is 5.91 Å². The van der Waals surface area contributed by atoms with Gasteiger partial charge >= 0.3 is 0 Å². The van der Waals surface area contributed by atoms with Crippen LogP contribution < -0.4 is 16.0 Å². The summed E-state index contributed by atoms with van der Waals surface area (Å²) in [5.74, 6) is 1.05. The molecular weight excluding hydrogens is 316 g/mol. The van der Waals surface area contributed by atoms with E-state index in [1.807, 2.05) is 0 Å². The van der Waals surface area contributed by atoms with Crippen LogP contribution in [-0.2, 0) is 9.53 Å². The topological polar surface area (TPSA) is 74.8 Å². The fourth-order valence-electron chi connectivity index (χ4n) is 4.77. The summed E-state index contributed by atoms with van der Waals surface area (Å²) in [5.41, 5.74) is 0.283. The van der Waals surface area contributed by atoms with Gasteiger partial charge in [-0.3, -0.25) is 9.79 Å². The third-order valence-corrected chi connectivity index (χ3v) is 6.17. The predicted molar refractivity (Wildman–Crippen MR) is 99.6 cm³/mol. The molecule has 3 N–H and O–H groups in total. The molecule has 6 heteroatoms. The Labute approximate surface area is 151 Å². The standard InChI is InChI=1S/C19H34N4O2/c1-3-20-18(22-14-8-9-17(24)21-13-14)23-15-12-16(25-4-2)19(15)10-6-5-7-11-19/h14-16H,3-13H2,1-2H3,(H,21,24)(H2,20,22,23). The molecule has 3 aliphatic rings. The smallest absolute Gasteiger partial charge is 0.220 e. The van der Waals surface area contributed by atoms with E-state index in [1.54, 1.807) is 0 Å². The lowest BCUT2D eigenvalue weighted by Crippen LogP contribution is -2.67. The van der Waals surface area contributed by atoms with Gasteiger partial charge in [-0.2, -0.15) is 0 Å². The zero-order valence-corrected chi connectivity index (χ0v) is 15.8. The summed E-state index contributed by atoms with van der Waals surface area (Å²) >= 11 is 0. The van der Waals surface area contributed by atoms with Crippen LogP contribution in [0.25, 0.3) is 0 Å². The second kappa shape index (κ2) is 8.39. The minimum absolute atomic E-state index is 0.152. The first-order valence-electron chi connectivity index (χ1n) is 10.1. The van der Waals surface area contributed by atoms with E-state index in [0.29, 0.717) is 25.1 Å². The fraction of sp³-hybridized carbons (Fsp3) is 0.895. The minimum Gasteiger partial charge on any atom is -0.378 e. The molecule has 0 aromatic rings. The van der Waals surface area contributed by atoms with E-state index in [1.165, 1.54) is 32.1 Å². The highest BCUT2D eigenvalue weighted by molar-refractivity contribution is 5.81. The van der Waals surface area contributed by atoms with Crippen LogP contribution in [0.3, 0.4) is 0 Å². The summed E-state index contributed by atoms with van der Waals surface area (Å²) in [6.07, 6.45) is 9.41. The Hall–Kier alpha value is -1.30. The van der Waals surface area contributed by atoms with E-state index in [-0.39, 0.29) is 17.4 Å². The number of piperidine rings is 1. The lowest BCUT2D eigenvalue weighted by atomic mass is 9.55. The Morgan fingerprint density at radius 2 is 2.08 bits per heavy atom. The second-order valence-electron chi connectivity index (χ2n) is 7.68. The van der Waals surface area contributed by atoms with Crippen molar-refractivity contribution in [1.82, 2.24) is 16.0 Å². The van der Waals surface area contributed by atoms with Crippen LogP contribution in [0.2, 0.25) is 0 Å². The van der Waals surface area contributed by atoms with Gasteiger partial charge < -0.3 is 20.7 Å². The van der Waals surface area contributed by atoms with Crippen LogP contribution in [0.1, 0.15) is 65.2 Å². The van der Waals surface area contributed by atoms with Crippen LogP contribution in [0.15, 0.2) is 4.99 Å². The monoisotopic (exact) mass is 350 g/mol. The maximum atomic E-state index is 11.4. The van der Waals surface area contributed by atoms with Gasteiger partial charge in [-0.05, 0) is 39.5 Å². The van der Waals surface area contributed by atoms with Gasteiger partial charge in [-0.15, -0.1) is 0 Å². The lowest BCUT2D eigenvalue weighted by molar-refractivity contribution is -0.145. The van der Waals surface area contributed by atoms with Crippen LogP contribution in [0, 0.1) is 5.41 Å². The molecule has 0 aromatic heterocycles. The molecule has 6 nitrogen and oxygen atoms in total. The number of nitrogens with one attached hydrogen (secondary N) is 3. The Kier molecular flexibility index (Phi) is 6.20. The van der Waals surface area contributed by atoms with Crippen molar-refractivity contribution < 1.29 is 9.53 Å². The Bertz CT molecular complexity index is 478. The van der Waals surface area contributed by atoms with Crippen molar-refractivity contribution in [3.63, 3.8) is 0 Å². The third-order valence-electron chi connectivity index (χ3n) is 6.17. The number of rotatable bonds is 5. The molecule has 3 atom stereocenters.